The van der Waals surface area contributed by atoms with Gasteiger partial charge in [0.05, 0.1) is 0 Å². The molecule has 1 heterocycles. The van der Waals surface area contributed by atoms with Crippen molar-refractivity contribution in [2.45, 2.75) is 38.5 Å². The van der Waals surface area contributed by atoms with Gasteiger partial charge in [-0.15, -0.1) is 0 Å². The number of hydrogen-bond donors (Lipinski definition) is 1. The smallest absolute Gasteiger partial charge is 0.139 e. The summed E-state index contributed by atoms with van der Waals surface area (Å²) >= 11 is 0. The number of carbonyl (C=O) groups is 1. The standard InChI is InChI=1S/C13H21NO/c15-13(9-3-1-2-4-9)10-5-11-7-14-8-12(11)6-10/h9-12,14H,1-8H2. The van der Waals surface area contributed by atoms with Crippen LogP contribution < -0.4 is 5.32 Å². The minimum atomic E-state index is 0.435. The van der Waals surface area contributed by atoms with Gasteiger partial charge < -0.3 is 5.32 Å². The summed E-state index contributed by atoms with van der Waals surface area (Å²) in [5, 5.41) is 3.44. The Labute approximate surface area is 91.8 Å². The summed E-state index contributed by atoms with van der Waals surface area (Å²) in [6.45, 7) is 2.33. The van der Waals surface area contributed by atoms with Crippen LogP contribution in [0, 0.1) is 23.7 Å². The van der Waals surface area contributed by atoms with Gasteiger partial charge in [-0.1, -0.05) is 12.8 Å². The average Bonchev–Trinajstić information content (AvgIpc) is 2.92. The van der Waals surface area contributed by atoms with E-state index >= 15 is 0 Å². The predicted octanol–water partition coefficient (Wildman–Crippen LogP) is 1.99. The molecular formula is C13H21NO. The van der Waals surface area contributed by atoms with E-state index in [1.165, 1.54) is 51.6 Å². The molecule has 2 heteroatoms. The maximum absolute atomic E-state index is 12.3. The van der Waals surface area contributed by atoms with Crippen LogP contribution in [0.3, 0.4) is 0 Å². The van der Waals surface area contributed by atoms with Crippen LogP contribution in [0.5, 0.6) is 0 Å². The van der Waals surface area contributed by atoms with E-state index in [1.54, 1.807) is 0 Å². The van der Waals surface area contributed by atoms with Crippen molar-refractivity contribution in [1.29, 1.82) is 0 Å². The van der Waals surface area contributed by atoms with Crippen molar-refractivity contribution < 1.29 is 4.79 Å². The molecule has 2 unspecified atom stereocenters. The Morgan fingerprint density at radius 3 is 2.13 bits per heavy atom. The second kappa shape index (κ2) is 3.89. The topological polar surface area (TPSA) is 29.1 Å². The van der Waals surface area contributed by atoms with E-state index in [9.17, 15) is 4.79 Å². The van der Waals surface area contributed by atoms with Crippen LogP contribution in [-0.2, 0) is 4.79 Å². The third-order valence-electron chi connectivity index (χ3n) is 4.81. The SMILES string of the molecule is O=C(C1CCCC1)C1CC2CNCC2C1. The quantitative estimate of drug-likeness (QED) is 0.750. The molecule has 2 aliphatic carbocycles. The van der Waals surface area contributed by atoms with Crippen LogP contribution in [-0.4, -0.2) is 18.9 Å². The minimum Gasteiger partial charge on any atom is -0.316 e. The lowest BCUT2D eigenvalue weighted by molar-refractivity contribution is -0.126. The van der Waals surface area contributed by atoms with Crippen molar-refractivity contribution in [3.05, 3.63) is 0 Å². The number of fused-ring (bicyclic) bond motifs is 1. The highest BCUT2D eigenvalue weighted by molar-refractivity contribution is 5.84. The van der Waals surface area contributed by atoms with Gasteiger partial charge in [-0.3, -0.25) is 4.79 Å². The molecule has 3 rings (SSSR count). The first-order valence-electron chi connectivity index (χ1n) is 6.59. The Bertz CT molecular complexity index is 245. The molecule has 0 aromatic rings. The van der Waals surface area contributed by atoms with Crippen LogP contribution in [0.1, 0.15) is 38.5 Å². The first-order chi connectivity index (χ1) is 7.34. The minimum absolute atomic E-state index is 0.435. The van der Waals surface area contributed by atoms with Crippen molar-refractivity contribution >= 4 is 5.78 Å². The molecule has 1 N–H and O–H groups in total. The van der Waals surface area contributed by atoms with Crippen molar-refractivity contribution in [3.8, 4) is 0 Å². The summed E-state index contributed by atoms with van der Waals surface area (Å²) in [5.74, 6) is 3.15. The number of ketones is 1. The number of rotatable bonds is 2. The van der Waals surface area contributed by atoms with E-state index < -0.39 is 0 Å². The van der Waals surface area contributed by atoms with Crippen LogP contribution in [0.15, 0.2) is 0 Å². The van der Waals surface area contributed by atoms with E-state index in [0.29, 0.717) is 17.6 Å². The van der Waals surface area contributed by atoms with Gasteiger partial charge >= 0.3 is 0 Å². The fourth-order valence-electron chi connectivity index (χ4n) is 3.94. The highest BCUT2D eigenvalue weighted by Crippen LogP contribution is 2.41. The van der Waals surface area contributed by atoms with Crippen LogP contribution in [0.2, 0.25) is 0 Å². The van der Waals surface area contributed by atoms with Gasteiger partial charge in [0.25, 0.3) is 0 Å². The first kappa shape index (κ1) is 9.83. The zero-order valence-corrected chi connectivity index (χ0v) is 9.37. The molecule has 15 heavy (non-hydrogen) atoms. The Balaban J connectivity index is 1.61. The molecule has 1 saturated heterocycles. The Hall–Kier alpha value is -0.370. The molecule has 0 spiro atoms. The normalized spacial score (nSPS) is 40.9. The number of hydrogen-bond acceptors (Lipinski definition) is 2. The lowest BCUT2D eigenvalue weighted by atomic mass is 9.89. The molecule has 2 atom stereocenters. The second-order valence-corrected chi connectivity index (χ2v) is 5.73. The summed E-state index contributed by atoms with van der Waals surface area (Å²) in [6.07, 6.45) is 7.32. The van der Waals surface area contributed by atoms with E-state index in [-0.39, 0.29) is 0 Å². The molecular weight excluding hydrogens is 186 g/mol. The Morgan fingerprint density at radius 1 is 0.933 bits per heavy atom. The molecule has 2 nitrogen and oxygen atoms in total. The first-order valence-corrected chi connectivity index (χ1v) is 6.59. The predicted molar refractivity (Wildman–Crippen MR) is 59.5 cm³/mol. The molecule has 1 aliphatic heterocycles. The van der Waals surface area contributed by atoms with Gasteiger partial charge in [0.1, 0.15) is 5.78 Å². The molecule has 0 bridgehead atoms. The molecule has 2 saturated carbocycles. The van der Waals surface area contributed by atoms with Crippen molar-refractivity contribution in [3.63, 3.8) is 0 Å². The van der Waals surface area contributed by atoms with Gasteiger partial charge in [0.2, 0.25) is 0 Å². The number of carbonyl (C=O) groups excluding carboxylic acids is 1. The number of Topliss-reactive ketones (excluding diaryl/α,β-unsaturated/α-hetero) is 1. The lowest BCUT2D eigenvalue weighted by Gasteiger charge is -2.14. The van der Waals surface area contributed by atoms with Gasteiger partial charge in [0.15, 0.2) is 0 Å². The highest BCUT2D eigenvalue weighted by atomic mass is 16.1. The second-order valence-electron chi connectivity index (χ2n) is 5.73. The van der Waals surface area contributed by atoms with Crippen molar-refractivity contribution in [2.24, 2.45) is 23.7 Å². The van der Waals surface area contributed by atoms with Crippen LogP contribution in [0.25, 0.3) is 0 Å². The van der Waals surface area contributed by atoms with Gasteiger partial charge in [-0.25, -0.2) is 0 Å². The summed E-state index contributed by atoms with van der Waals surface area (Å²) in [5.41, 5.74) is 0. The van der Waals surface area contributed by atoms with Crippen molar-refractivity contribution in [2.75, 3.05) is 13.1 Å². The maximum atomic E-state index is 12.3. The monoisotopic (exact) mass is 207 g/mol. The van der Waals surface area contributed by atoms with Gasteiger partial charge in [0, 0.05) is 11.8 Å². The summed E-state index contributed by atoms with van der Waals surface area (Å²) in [4.78, 5) is 12.3. The van der Waals surface area contributed by atoms with Crippen LogP contribution >= 0.6 is 0 Å². The summed E-state index contributed by atoms with van der Waals surface area (Å²) < 4.78 is 0. The van der Waals surface area contributed by atoms with Gasteiger partial charge in [-0.05, 0) is 50.6 Å². The average molecular weight is 207 g/mol. The molecule has 3 fully saturated rings. The Morgan fingerprint density at radius 2 is 1.53 bits per heavy atom. The highest BCUT2D eigenvalue weighted by Gasteiger charge is 2.41. The van der Waals surface area contributed by atoms with E-state index in [0.717, 1.165) is 11.8 Å². The fourth-order valence-corrected chi connectivity index (χ4v) is 3.94. The van der Waals surface area contributed by atoms with Crippen LogP contribution in [0.4, 0.5) is 0 Å². The zero-order valence-electron chi connectivity index (χ0n) is 9.37. The molecule has 0 aromatic heterocycles. The summed E-state index contributed by atoms with van der Waals surface area (Å²) in [6, 6.07) is 0. The van der Waals surface area contributed by atoms with E-state index in [2.05, 4.69) is 5.32 Å². The largest absolute Gasteiger partial charge is 0.316 e. The third kappa shape index (κ3) is 1.73. The van der Waals surface area contributed by atoms with Gasteiger partial charge in [-0.2, -0.15) is 0 Å². The zero-order chi connectivity index (χ0) is 10.3. The van der Waals surface area contributed by atoms with E-state index in [1.807, 2.05) is 0 Å². The lowest BCUT2D eigenvalue weighted by Crippen LogP contribution is -2.22. The third-order valence-corrected chi connectivity index (χ3v) is 4.81. The molecule has 0 radical (unpaired) electrons. The Kier molecular flexibility index (Phi) is 2.55. The molecule has 3 aliphatic rings. The number of nitrogens with one attached hydrogen (secondary N) is 1. The fraction of sp³-hybridized carbons (Fsp3) is 0.923. The van der Waals surface area contributed by atoms with E-state index in [4.69, 9.17) is 0 Å². The molecule has 0 aromatic carbocycles. The molecule has 84 valence electrons. The summed E-state index contributed by atoms with van der Waals surface area (Å²) in [7, 11) is 0. The molecule has 0 amide bonds. The maximum Gasteiger partial charge on any atom is 0.139 e. The van der Waals surface area contributed by atoms with Crippen molar-refractivity contribution in [1.82, 2.24) is 5.32 Å².